The first-order valence-corrected chi connectivity index (χ1v) is 13.2. The molecule has 0 aromatic rings. The van der Waals surface area contributed by atoms with Crippen molar-refractivity contribution in [2.24, 2.45) is 0 Å². The molecule has 0 saturated carbocycles. The minimum Gasteiger partial charge on any atom is -0.550 e. The molecule has 0 spiro atoms. The maximum atomic E-state index is 10.1. The van der Waals surface area contributed by atoms with Crippen LogP contribution in [-0.4, -0.2) is 11.9 Å². The quantitative estimate of drug-likeness (QED) is 0.125. The zero-order valence-electron chi connectivity index (χ0n) is 21.4. The molecule has 0 aliphatic rings. The van der Waals surface area contributed by atoms with Gasteiger partial charge < -0.3 is 19.8 Å². The van der Waals surface area contributed by atoms with Crippen molar-refractivity contribution in [3.05, 3.63) is 24.3 Å². The van der Waals surface area contributed by atoms with E-state index in [4.69, 9.17) is 0 Å². The Morgan fingerprint density at radius 1 is 0.485 bits per heavy atom. The smallest absolute Gasteiger partial charge is 0.550 e. The minimum atomic E-state index is -0.918. The average molecular weight is 510 g/mol. The van der Waals surface area contributed by atoms with Crippen LogP contribution in [0.3, 0.4) is 0 Å². The number of carboxylic acid groups (broad SMARTS) is 2. The molecule has 0 unspecified atom stereocenters. The largest absolute Gasteiger partial charge is 2.00 e. The molecule has 0 N–H and O–H groups in total. The van der Waals surface area contributed by atoms with Crippen LogP contribution in [0.15, 0.2) is 24.3 Å². The van der Waals surface area contributed by atoms with E-state index in [0.29, 0.717) is 0 Å². The van der Waals surface area contributed by atoms with Gasteiger partial charge in [0.25, 0.3) is 0 Å². The number of hydrogen-bond donors (Lipinski definition) is 0. The third kappa shape index (κ3) is 41.6. The second kappa shape index (κ2) is 33.1. The van der Waals surface area contributed by atoms with Crippen LogP contribution in [0.1, 0.15) is 142 Å². The van der Waals surface area contributed by atoms with Gasteiger partial charge in [-0.15, -0.1) is 0 Å². The maximum Gasteiger partial charge on any atom is 2.00 e. The molecule has 0 bridgehead atoms. The van der Waals surface area contributed by atoms with Gasteiger partial charge in [-0.3, -0.25) is 0 Å². The fraction of sp³-hybridized carbons (Fsp3) is 0.786. The fourth-order valence-corrected chi connectivity index (χ4v) is 3.24. The van der Waals surface area contributed by atoms with E-state index in [1.54, 1.807) is 0 Å². The summed E-state index contributed by atoms with van der Waals surface area (Å²) in [6.07, 6.45) is 30.2. The predicted octanol–water partition coefficient (Wildman–Crippen LogP) is 6.42. The number of carbonyl (C=O) groups excluding carboxylic acids is 2. The molecular formula is C28H50CoO4. The molecule has 33 heavy (non-hydrogen) atoms. The van der Waals surface area contributed by atoms with Crippen molar-refractivity contribution >= 4 is 11.9 Å². The molecule has 0 atom stereocenters. The van der Waals surface area contributed by atoms with Crippen molar-refractivity contribution in [3.63, 3.8) is 0 Å². The van der Waals surface area contributed by atoms with Gasteiger partial charge in [0.05, 0.1) is 0 Å². The second-order valence-corrected chi connectivity index (χ2v) is 8.58. The molecule has 0 saturated heterocycles. The van der Waals surface area contributed by atoms with Gasteiger partial charge in [-0.05, 0) is 64.2 Å². The Labute approximate surface area is 214 Å². The van der Waals surface area contributed by atoms with Gasteiger partial charge in [-0.1, -0.05) is 102 Å². The topological polar surface area (TPSA) is 80.3 Å². The molecule has 0 aliphatic heterocycles. The number of carboxylic acids is 2. The van der Waals surface area contributed by atoms with Crippen molar-refractivity contribution in [2.45, 2.75) is 142 Å². The van der Waals surface area contributed by atoms with E-state index in [-0.39, 0.29) is 29.6 Å². The molecule has 0 amide bonds. The van der Waals surface area contributed by atoms with Gasteiger partial charge in [0.15, 0.2) is 0 Å². The normalized spacial score (nSPS) is 10.7. The molecular weight excluding hydrogens is 459 g/mol. The number of allylic oxidation sites excluding steroid dienone is 4. The number of aliphatic carboxylic acids is 2. The molecule has 5 heteroatoms. The first-order chi connectivity index (χ1) is 15.5. The first kappa shape index (κ1) is 36.5. The minimum absolute atomic E-state index is 0. The Morgan fingerprint density at radius 2 is 0.758 bits per heavy atom. The van der Waals surface area contributed by atoms with Crippen LogP contribution in [0.4, 0.5) is 0 Å². The SMILES string of the molecule is CCCC/C=C\CCCCCCCC(=O)[O-].CCCC/C=C\CCCCCCCC(=O)[O-].[Co+2]. The van der Waals surface area contributed by atoms with E-state index >= 15 is 0 Å². The summed E-state index contributed by atoms with van der Waals surface area (Å²) in [7, 11) is 0. The van der Waals surface area contributed by atoms with Gasteiger partial charge >= 0.3 is 16.8 Å². The van der Waals surface area contributed by atoms with E-state index in [2.05, 4.69) is 38.2 Å². The molecule has 4 nitrogen and oxygen atoms in total. The molecule has 0 heterocycles. The second-order valence-electron chi connectivity index (χ2n) is 8.58. The third-order valence-corrected chi connectivity index (χ3v) is 5.29. The summed E-state index contributed by atoms with van der Waals surface area (Å²) in [6.45, 7) is 4.42. The first-order valence-electron chi connectivity index (χ1n) is 13.2. The van der Waals surface area contributed by atoms with Gasteiger partial charge in [0, 0.05) is 11.9 Å². The Bertz CT molecular complexity index is 419. The number of unbranched alkanes of at least 4 members (excludes halogenated alkanes) is 14. The summed E-state index contributed by atoms with van der Waals surface area (Å²) >= 11 is 0. The molecule has 0 aromatic carbocycles. The van der Waals surface area contributed by atoms with Crippen LogP contribution in [0, 0.1) is 0 Å². The molecule has 0 aliphatic carbocycles. The number of hydrogen-bond acceptors (Lipinski definition) is 4. The Kier molecular flexibility index (Phi) is 36.6. The van der Waals surface area contributed by atoms with Crippen molar-refractivity contribution in [1.82, 2.24) is 0 Å². The van der Waals surface area contributed by atoms with Crippen LogP contribution in [-0.2, 0) is 26.4 Å². The van der Waals surface area contributed by atoms with Gasteiger partial charge in [-0.25, -0.2) is 0 Å². The van der Waals surface area contributed by atoms with E-state index in [1.165, 1.54) is 77.0 Å². The van der Waals surface area contributed by atoms with Gasteiger partial charge in [0.1, 0.15) is 0 Å². The summed E-state index contributed by atoms with van der Waals surface area (Å²) in [4.78, 5) is 20.3. The van der Waals surface area contributed by atoms with E-state index < -0.39 is 11.9 Å². The van der Waals surface area contributed by atoms with E-state index in [0.717, 1.165) is 38.5 Å². The van der Waals surface area contributed by atoms with Crippen molar-refractivity contribution < 1.29 is 36.6 Å². The van der Waals surface area contributed by atoms with E-state index in [9.17, 15) is 19.8 Å². The van der Waals surface area contributed by atoms with Crippen molar-refractivity contribution in [2.75, 3.05) is 0 Å². The van der Waals surface area contributed by atoms with Crippen LogP contribution in [0.2, 0.25) is 0 Å². The summed E-state index contributed by atoms with van der Waals surface area (Å²) in [5.41, 5.74) is 0. The van der Waals surface area contributed by atoms with Crippen LogP contribution in [0.5, 0.6) is 0 Å². The average Bonchev–Trinajstić information content (AvgIpc) is 2.76. The summed E-state index contributed by atoms with van der Waals surface area (Å²) in [5, 5.41) is 20.3. The van der Waals surface area contributed by atoms with Gasteiger partial charge in [0.2, 0.25) is 0 Å². The Morgan fingerprint density at radius 3 is 1.06 bits per heavy atom. The maximum absolute atomic E-state index is 10.1. The third-order valence-electron chi connectivity index (χ3n) is 5.29. The van der Waals surface area contributed by atoms with Crippen molar-refractivity contribution in [3.8, 4) is 0 Å². The molecule has 0 aromatic heterocycles. The summed E-state index contributed by atoms with van der Waals surface area (Å²) in [5.74, 6) is -1.84. The summed E-state index contributed by atoms with van der Waals surface area (Å²) in [6, 6.07) is 0. The standard InChI is InChI=1S/2C14H26O2.Co/c2*1-2-3-4-5-6-7-8-9-10-11-12-13-14(15)16;/h2*5-6H,2-4,7-13H2,1H3,(H,15,16);/q;;+2/p-2/b2*6-5-;. The molecule has 195 valence electrons. The Balaban J connectivity index is -0.000000529. The predicted molar refractivity (Wildman–Crippen MR) is 132 cm³/mol. The number of rotatable bonds is 22. The van der Waals surface area contributed by atoms with E-state index in [1.807, 2.05) is 0 Å². The monoisotopic (exact) mass is 509 g/mol. The molecule has 1 radical (unpaired) electrons. The zero-order chi connectivity index (χ0) is 24.1. The number of carbonyl (C=O) groups is 2. The molecule has 0 rings (SSSR count). The van der Waals surface area contributed by atoms with Crippen LogP contribution >= 0.6 is 0 Å². The van der Waals surface area contributed by atoms with Crippen molar-refractivity contribution in [1.29, 1.82) is 0 Å². The van der Waals surface area contributed by atoms with Gasteiger partial charge in [-0.2, -0.15) is 0 Å². The molecule has 0 fully saturated rings. The Hall–Kier alpha value is -1.07. The summed E-state index contributed by atoms with van der Waals surface area (Å²) < 4.78 is 0. The van der Waals surface area contributed by atoms with Crippen LogP contribution in [0.25, 0.3) is 0 Å². The fourth-order valence-electron chi connectivity index (χ4n) is 3.24. The zero-order valence-corrected chi connectivity index (χ0v) is 22.5. The van der Waals surface area contributed by atoms with Crippen LogP contribution < -0.4 is 10.2 Å².